The number of para-hydroxylation sites is 2. The zero-order chi connectivity index (χ0) is 31.9. The largest absolute Gasteiger partial charge is 0.493 e. The van der Waals surface area contributed by atoms with Crippen LogP contribution in [0.2, 0.25) is 0 Å². The number of fused-ring (bicyclic) bond motifs is 1. The number of anilines is 3. The van der Waals surface area contributed by atoms with Gasteiger partial charge in [0.05, 0.1) is 38.1 Å². The predicted octanol–water partition coefficient (Wildman–Crippen LogP) is 7.27. The van der Waals surface area contributed by atoms with Gasteiger partial charge in [0.1, 0.15) is 0 Å². The normalized spacial score (nSPS) is 10.8. The number of ether oxygens (including phenoxy) is 4. The number of carbonyl (C=O) groups is 2. The minimum Gasteiger partial charge on any atom is -0.493 e. The summed E-state index contributed by atoms with van der Waals surface area (Å²) in [5, 5.41) is 3.41. The van der Waals surface area contributed by atoms with Crippen molar-refractivity contribution in [3.05, 3.63) is 103 Å². The Kier molecular flexibility index (Phi) is 9.48. The smallest absolute Gasteiger partial charge is 0.339 e. The first-order valence-corrected chi connectivity index (χ1v) is 14.4. The minimum atomic E-state index is -0.650. The summed E-state index contributed by atoms with van der Waals surface area (Å²) in [5.74, 6) is 0.241. The van der Waals surface area contributed by atoms with Crippen LogP contribution in [0.4, 0.5) is 17.1 Å². The molecule has 1 N–H and O–H groups in total. The topological polar surface area (TPSA) is 99.2 Å². The van der Waals surface area contributed by atoms with Crippen LogP contribution in [0.15, 0.2) is 97.1 Å². The van der Waals surface area contributed by atoms with E-state index in [0.717, 1.165) is 11.4 Å². The molecule has 0 radical (unpaired) electrons. The Morgan fingerprint density at radius 2 is 1.40 bits per heavy atom. The molecular formula is C36H35N3O6. The number of amides is 1. The molecule has 5 aromatic rings. The van der Waals surface area contributed by atoms with Crippen LogP contribution in [0.3, 0.4) is 0 Å². The van der Waals surface area contributed by atoms with Gasteiger partial charge in [-0.2, -0.15) is 0 Å². The van der Waals surface area contributed by atoms with Crippen LogP contribution in [0.1, 0.15) is 24.2 Å². The van der Waals surface area contributed by atoms with Gasteiger partial charge >= 0.3 is 5.97 Å². The number of methoxy groups -OCH3 is 3. The van der Waals surface area contributed by atoms with Crippen molar-refractivity contribution in [2.24, 2.45) is 0 Å². The van der Waals surface area contributed by atoms with Crippen molar-refractivity contribution < 1.29 is 28.5 Å². The van der Waals surface area contributed by atoms with E-state index in [0.29, 0.717) is 45.1 Å². The van der Waals surface area contributed by atoms with Gasteiger partial charge in [-0.05, 0) is 74.5 Å². The molecule has 1 heterocycles. The van der Waals surface area contributed by atoms with Gasteiger partial charge in [-0.1, -0.05) is 36.4 Å². The van der Waals surface area contributed by atoms with Gasteiger partial charge in [0.2, 0.25) is 5.75 Å². The fourth-order valence-electron chi connectivity index (χ4n) is 5.17. The molecular weight excluding hydrogens is 570 g/mol. The summed E-state index contributed by atoms with van der Waals surface area (Å²) in [6, 6.07) is 30.3. The monoisotopic (exact) mass is 605 g/mol. The number of nitrogens with zero attached hydrogens (tertiary/aromatic N) is 2. The van der Waals surface area contributed by atoms with E-state index in [2.05, 4.69) is 36.2 Å². The van der Waals surface area contributed by atoms with E-state index in [1.165, 1.54) is 21.3 Å². The molecule has 45 heavy (non-hydrogen) atoms. The molecule has 0 unspecified atom stereocenters. The summed E-state index contributed by atoms with van der Waals surface area (Å²) in [4.78, 5) is 33.1. The number of hydrogen-bond donors (Lipinski definition) is 1. The molecule has 9 nitrogen and oxygen atoms in total. The van der Waals surface area contributed by atoms with Gasteiger partial charge < -0.3 is 29.2 Å². The van der Waals surface area contributed by atoms with Crippen molar-refractivity contribution in [2.45, 2.75) is 19.9 Å². The molecule has 4 aromatic carbocycles. The van der Waals surface area contributed by atoms with E-state index in [1.807, 2.05) is 60.7 Å². The van der Waals surface area contributed by atoms with E-state index in [-0.39, 0.29) is 11.6 Å². The number of esters is 1. The van der Waals surface area contributed by atoms with Gasteiger partial charge in [-0.15, -0.1) is 0 Å². The van der Waals surface area contributed by atoms with E-state index >= 15 is 0 Å². The first-order valence-electron chi connectivity index (χ1n) is 14.4. The maximum atomic E-state index is 13.4. The van der Waals surface area contributed by atoms with E-state index in [4.69, 9.17) is 23.9 Å². The van der Waals surface area contributed by atoms with Crippen molar-refractivity contribution in [2.75, 3.05) is 38.2 Å². The summed E-state index contributed by atoms with van der Waals surface area (Å²) < 4.78 is 21.9. The highest BCUT2D eigenvalue weighted by atomic mass is 16.5. The Bertz CT molecular complexity index is 1780. The molecule has 0 aliphatic heterocycles. The van der Waals surface area contributed by atoms with Crippen LogP contribution in [0, 0.1) is 0 Å². The third kappa shape index (κ3) is 6.83. The fourth-order valence-corrected chi connectivity index (χ4v) is 5.17. The lowest BCUT2D eigenvalue weighted by atomic mass is 10.0. The molecule has 0 atom stereocenters. The number of aromatic nitrogens is 1. The summed E-state index contributed by atoms with van der Waals surface area (Å²) in [6.07, 6.45) is 0. The molecule has 0 bridgehead atoms. The first kappa shape index (κ1) is 30.9. The molecule has 5 rings (SSSR count). The lowest BCUT2D eigenvalue weighted by Crippen LogP contribution is -2.25. The Morgan fingerprint density at radius 3 is 2.02 bits per heavy atom. The van der Waals surface area contributed by atoms with Crippen molar-refractivity contribution in [3.63, 3.8) is 0 Å². The highest BCUT2D eigenvalue weighted by molar-refractivity contribution is 6.05. The second-order valence-electron chi connectivity index (χ2n) is 10.5. The third-order valence-corrected chi connectivity index (χ3v) is 7.21. The van der Waals surface area contributed by atoms with Crippen LogP contribution >= 0.6 is 0 Å². The van der Waals surface area contributed by atoms with Crippen LogP contribution < -0.4 is 24.4 Å². The Balaban J connectivity index is 1.32. The van der Waals surface area contributed by atoms with Gasteiger partial charge in [0, 0.05) is 34.1 Å². The fraction of sp³-hybridized carbons (Fsp3) is 0.194. The third-order valence-electron chi connectivity index (χ3n) is 7.21. The number of nitrogens with one attached hydrogen (secondary N) is 1. The standard InChI is InChI=1S/C36H35N3O6/c1-23(2)39(26-11-7-6-8-12-26)27-17-15-25(16-18-27)37-34(40)22-45-36(41)29-21-31(38-30-14-10-9-13-28(29)30)24-19-32(42-3)35(44-5)33(20-24)43-4/h6-21,23H,22H2,1-5H3,(H,37,40). The zero-order valence-electron chi connectivity index (χ0n) is 25.9. The van der Waals surface area contributed by atoms with Gasteiger partial charge in [0.15, 0.2) is 18.1 Å². The van der Waals surface area contributed by atoms with Crippen LogP contribution in [-0.4, -0.2) is 50.8 Å². The summed E-state index contributed by atoms with van der Waals surface area (Å²) in [6.45, 7) is 3.78. The number of rotatable bonds is 11. The Morgan fingerprint density at radius 1 is 0.778 bits per heavy atom. The average molecular weight is 606 g/mol. The van der Waals surface area contributed by atoms with Crippen molar-refractivity contribution in [3.8, 4) is 28.5 Å². The minimum absolute atomic E-state index is 0.228. The molecule has 0 aliphatic carbocycles. The highest BCUT2D eigenvalue weighted by Crippen LogP contribution is 2.41. The Hall–Kier alpha value is -5.57. The lowest BCUT2D eigenvalue weighted by molar-refractivity contribution is -0.119. The second kappa shape index (κ2) is 13.8. The van der Waals surface area contributed by atoms with Gasteiger partial charge in [-0.25, -0.2) is 9.78 Å². The predicted molar refractivity (Wildman–Crippen MR) is 176 cm³/mol. The summed E-state index contributed by atoms with van der Waals surface area (Å²) >= 11 is 0. The summed E-state index contributed by atoms with van der Waals surface area (Å²) in [5.41, 5.74) is 4.67. The van der Waals surface area contributed by atoms with E-state index in [9.17, 15) is 9.59 Å². The first-order chi connectivity index (χ1) is 21.8. The SMILES string of the molecule is COc1cc(-c2cc(C(=O)OCC(=O)Nc3ccc(N(c4ccccc4)C(C)C)cc3)c3ccccc3n2)cc(OC)c1OC. The van der Waals surface area contributed by atoms with E-state index in [1.54, 1.807) is 24.3 Å². The quantitative estimate of drug-likeness (QED) is 0.157. The lowest BCUT2D eigenvalue weighted by Gasteiger charge is -2.29. The van der Waals surface area contributed by atoms with Gasteiger partial charge in [-0.3, -0.25) is 4.79 Å². The van der Waals surface area contributed by atoms with Crippen LogP contribution in [-0.2, 0) is 9.53 Å². The van der Waals surface area contributed by atoms with Gasteiger partial charge in [0.25, 0.3) is 5.91 Å². The van der Waals surface area contributed by atoms with E-state index < -0.39 is 18.5 Å². The molecule has 0 fully saturated rings. The molecule has 0 aliphatic rings. The number of carbonyl (C=O) groups excluding carboxylic acids is 2. The number of pyridine rings is 1. The van der Waals surface area contributed by atoms with Crippen molar-refractivity contribution in [1.29, 1.82) is 0 Å². The molecule has 1 aromatic heterocycles. The number of benzene rings is 4. The zero-order valence-corrected chi connectivity index (χ0v) is 25.9. The molecule has 230 valence electrons. The Labute approximate surface area is 262 Å². The average Bonchev–Trinajstić information content (AvgIpc) is 3.07. The van der Waals surface area contributed by atoms with Crippen LogP contribution in [0.25, 0.3) is 22.2 Å². The second-order valence-corrected chi connectivity index (χ2v) is 10.5. The summed E-state index contributed by atoms with van der Waals surface area (Å²) in [7, 11) is 4.59. The molecule has 0 spiro atoms. The molecule has 0 saturated heterocycles. The maximum Gasteiger partial charge on any atom is 0.339 e. The van der Waals surface area contributed by atoms with Crippen molar-refractivity contribution >= 4 is 39.8 Å². The van der Waals surface area contributed by atoms with Crippen molar-refractivity contribution in [1.82, 2.24) is 4.98 Å². The molecule has 0 saturated carbocycles. The molecule has 1 amide bonds. The molecule has 9 heteroatoms. The number of hydrogen-bond acceptors (Lipinski definition) is 8. The van der Waals surface area contributed by atoms with Crippen LogP contribution in [0.5, 0.6) is 17.2 Å². The maximum absolute atomic E-state index is 13.4. The highest BCUT2D eigenvalue weighted by Gasteiger charge is 2.20.